The molecular weight excluding hydrogens is 760 g/mol. The molecule has 0 bridgehead atoms. The number of carboxylic acids is 1. The predicted molar refractivity (Wildman–Crippen MR) is 228 cm³/mol. The Bertz CT molecular complexity index is 2430. The average Bonchev–Trinajstić information content (AvgIpc) is 3.23. The second-order valence-corrected chi connectivity index (χ2v) is 13.9. The number of anilines is 2. The van der Waals surface area contributed by atoms with Gasteiger partial charge in [0, 0.05) is 84.0 Å². The molecule has 304 valence electrons. The van der Waals surface area contributed by atoms with E-state index in [1.54, 1.807) is 30.3 Å². The maximum absolute atomic E-state index is 12.6. The molecule has 15 nitrogen and oxygen atoms in total. The molecular formula is C42H49ClN10O5. The molecule has 1 amide bonds. The number of carbonyl (C=O) groups is 2. The maximum Gasteiger partial charge on any atom is 0.303 e. The fourth-order valence-corrected chi connectivity index (χ4v) is 6.58. The van der Waals surface area contributed by atoms with E-state index in [9.17, 15) is 19.2 Å². The van der Waals surface area contributed by atoms with Crippen molar-refractivity contribution in [1.82, 2.24) is 40.1 Å². The molecule has 2 saturated heterocycles. The number of piperazine rings is 2. The number of para-hydroxylation sites is 2. The first kappa shape index (κ1) is 42.9. The molecule has 0 radical (unpaired) electrons. The quantitative estimate of drug-likeness (QED) is 0.173. The number of carboxylic acid groups (broad SMARTS) is 1. The van der Waals surface area contributed by atoms with Gasteiger partial charge in [0.05, 0.1) is 28.2 Å². The van der Waals surface area contributed by atoms with Gasteiger partial charge in [-0.15, -0.1) is 12.4 Å². The fourth-order valence-electron chi connectivity index (χ4n) is 6.58. The maximum atomic E-state index is 12.6. The number of pyridine rings is 2. The molecule has 6 heterocycles. The van der Waals surface area contributed by atoms with Gasteiger partial charge in [0.2, 0.25) is 5.91 Å². The van der Waals surface area contributed by atoms with Gasteiger partial charge in [-0.05, 0) is 73.5 Å². The van der Waals surface area contributed by atoms with Crippen molar-refractivity contribution in [2.24, 2.45) is 0 Å². The topological polar surface area (TPSA) is 193 Å². The highest BCUT2D eigenvalue weighted by Crippen LogP contribution is 2.16. The van der Waals surface area contributed by atoms with Crippen LogP contribution in [0.1, 0.15) is 35.6 Å². The van der Waals surface area contributed by atoms with Gasteiger partial charge in [-0.2, -0.15) is 0 Å². The summed E-state index contributed by atoms with van der Waals surface area (Å²) in [6.07, 6.45) is 4.66. The van der Waals surface area contributed by atoms with E-state index < -0.39 is 5.97 Å². The lowest BCUT2D eigenvalue weighted by molar-refractivity contribution is -0.137. The third-order valence-electron chi connectivity index (χ3n) is 9.67. The number of rotatable bonds is 8. The summed E-state index contributed by atoms with van der Waals surface area (Å²) in [7, 11) is 0. The number of nitrogens with zero attached hydrogens (tertiary/aromatic N) is 7. The molecule has 0 atom stereocenters. The number of aliphatic carboxylic acids is 1. The molecule has 58 heavy (non-hydrogen) atoms. The fraction of sp³-hybridized carbons (Fsp3) is 0.333. The molecule has 2 aliphatic heterocycles. The number of carbonyl (C=O) groups excluding carboxylic acids is 1. The van der Waals surface area contributed by atoms with E-state index in [0.29, 0.717) is 59.4 Å². The molecule has 2 fully saturated rings. The van der Waals surface area contributed by atoms with Crippen molar-refractivity contribution in [3.05, 3.63) is 129 Å². The predicted octanol–water partition coefficient (Wildman–Crippen LogP) is 4.07. The smallest absolute Gasteiger partial charge is 0.303 e. The Hall–Kier alpha value is -6.19. The van der Waals surface area contributed by atoms with Gasteiger partial charge < -0.3 is 35.1 Å². The van der Waals surface area contributed by atoms with E-state index in [1.807, 2.05) is 47.6 Å². The number of aromatic amines is 2. The van der Waals surface area contributed by atoms with E-state index in [1.165, 1.54) is 11.1 Å². The van der Waals surface area contributed by atoms with E-state index in [-0.39, 0.29) is 42.3 Å². The summed E-state index contributed by atoms with van der Waals surface area (Å²) in [5.41, 5.74) is 3.32. The molecule has 0 saturated carbocycles. The Morgan fingerprint density at radius 1 is 0.655 bits per heavy atom. The molecule has 0 unspecified atom stereocenters. The van der Waals surface area contributed by atoms with Gasteiger partial charge in [-0.25, -0.2) is 19.9 Å². The number of aromatic nitrogens is 6. The van der Waals surface area contributed by atoms with Gasteiger partial charge in [0.15, 0.2) is 0 Å². The van der Waals surface area contributed by atoms with Gasteiger partial charge in [0.25, 0.3) is 11.1 Å². The Labute approximate surface area is 342 Å². The average molecular weight is 809 g/mol. The number of benzene rings is 2. The zero-order valence-corrected chi connectivity index (χ0v) is 33.5. The van der Waals surface area contributed by atoms with Gasteiger partial charge >= 0.3 is 5.97 Å². The van der Waals surface area contributed by atoms with Crippen LogP contribution in [0.15, 0.2) is 94.8 Å². The number of hydrogen-bond acceptors (Lipinski definition) is 11. The third-order valence-corrected chi connectivity index (χ3v) is 9.67. The molecule has 6 aromatic rings. The lowest BCUT2D eigenvalue weighted by Gasteiger charge is -2.35. The summed E-state index contributed by atoms with van der Waals surface area (Å²) in [4.78, 5) is 75.9. The molecule has 2 aromatic carbocycles. The van der Waals surface area contributed by atoms with Crippen LogP contribution in [-0.4, -0.2) is 104 Å². The van der Waals surface area contributed by atoms with Crippen molar-refractivity contribution < 1.29 is 14.7 Å². The molecule has 4 aromatic heterocycles. The molecule has 8 rings (SSSR count). The van der Waals surface area contributed by atoms with Crippen LogP contribution in [-0.2, 0) is 22.4 Å². The normalized spacial score (nSPS) is 13.8. The number of amides is 1. The lowest BCUT2D eigenvalue weighted by atomic mass is 10.2. The number of hydrogen-bond donors (Lipinski definition) is 4. The minimum atomic E-state index is -0.907. The van der Waals surface area contributed by atoms with Crippen LogP contribution >= 0.6 is 12.4 Å². The molecule has 0 spiro atoms. The SMILES string of the molecule is Cc1ccnc(N2CCN(C(=O)CCc3nc4ccccc4c(=O)[nH]3)CC2)c1.Cc1ccnc(N2CCNCC2)c1.Cl.O=C(O)CCc1nc2ccccc2c(=O)[nH]1. The van der Waals surface area contributed by atoms with E-state index >= 15 is 0 Å². The number of nitrogens with one attached hydrogen (secondary N) is 3. The van der Waals surface area contributed by atoms with Crippen LogP contribution in [0.3, 0.4) is 0 Å². The Morgan fingerprint density at radius 3 is 1.60 bits per heavy atom. The van der Waals surface area contributed by atoms with Crippen molar-refractivity contribution in [3.63, 3.8) is 0 Å². The van der Waals surface area contributed by atoms with Crippen LogP contribution in [0.5, 0.6) is 0 Å². The zero-order chi connectivity index (χ0) is 40.1. The van der Waals surface area contributed by atoms with Crippen LogP contribution in [0.4, 0.5) is 11.6 Å². The van der Waals surface area contributed by atoms with Crippen LogP contribution in [0.2, 0.25) is 0 Å². The van der Waals surface area contributed by atoms with Crippen LogP contribution in [0, 0.1) is 13.8 Å². The number of H-pyrrole nitrogens is 2. The minimum absolute atomic E-state index is 0. The third kappa shape index (κ3) is 11.9. The van der Waals surface area contributed by atoms with Crippen LogP contribution in [0.25, 0.3) is 21.8 Å². The highest BCUT2D eigenvalue weighted by Gasteiger charge is 2.22. The highest BCUT2D eigenvalue weighted by molar-refractivity contribution is 5.85. The first-order chi connectivity index (χ1) is 27.6. The monoisotopic (exact) mass is 808 g/mol. The van der Waals surface area contributed by atoms with Crippen molar-refractivity contribution in [2.75, 3.05) is 62.2 Å². The Kier molecular flexibility index (Phi) is 15.4. The zero-order valence-electron chi connectivity index (χ0n) is 32.7. The molecule has 0 aliphatic carbocycles. The summed E-state index contributed by atoms with van der Waals surface area (Å²) in [6, 6.07) is 22.4. The summed E-state index contributed by atoms with van der Waals surface area (Å²) >= 11 is 0. The lowest BCUT2D eigenvalue weighted by Crippen LogP contribution is -2.49. The minimum Gasteiger partial charge on any atom is -0.481 e. The Morgan fingerprint density at radius 2 is 1.12 bits per heavy atom. The summed E-state index contributed by atoms with van der Waals surface area (Å²) in [5.74, 6) is 2.22. The number of fused-ring (bicyclic) bond motifs is 2. The van der Waals surface area contributed by atoms with Gasteiger partial charge in [-0.1, -0.05) is 24.3 Å². The van der Waals surface area contributed by atoms with E-state index in [2.05, 4.69) is 71.0 Å². The molecule has 16 heteroatoms. The largest absolute Gasteiger partial charge is 0.481 e. The highest BCUT2D eigenvalue weighted by atomic mass is 35.5. The number of aryl methyl sites for hydroxylation is 4. The van der Waals surface area contributed by atoms with Crippen molar-refractivity contribution >= 4 is 57.7 Å². The second kappa shape index (κ2) is 20.8. The van der Waals surface area contributed by atoms with Crippen molar-refractivity contribution in [2.45, 2.75) is 39.5 Å². The standard InChI is InChI=1S/C21H23N5O2.C11H10N2O3.C10H15N3.ClH/c1-15-8-9-22-19(14-15)25-10-12-26(13-11-25)20(27)7-6-18-23-17-5-3-2-4-16(17)21(28)24-18;14-10(15)6-5-9-12-8-4-2-1-3-7(8)11(16)13-9;1-9-2-3-12-10(8-9)13-6-4-11-5-7-13;/h2-5,8-9,14H,6-7,10-13H2,1H3,(H,23,24,28);1-4H,5-6H2,(H,14,15)(H,12,13,16);2-3,8,11H,4-7H2,1H3;1H. The first-order valence-corrected chi connectivity index (χ1v) is 19.1. The Balaban J connectivity index is 0.000000181. The summed E-state index contributed by atoms with van der Waals surface area (Å²) < 4.78 is 0. The van der Waals surface area contributed by atoms with Gasteiger partial charge in [0.1, 0.15) is 23.3 Å². The second-order valence-electron chi connectivity index (χ2n) is 13.9. The van der Waals surface area contributed by atoms with Crippen molar-refractivity contribution in [1.29, 1.82) is 0 Å². The van der Waals surface area contributed by atoms with Crippen LogP contribution < -0.4 is 26.2 Å². The van der Waals surface area contributed by atoms with Crippen molar-refractivity contribution in [3.8, 4) is 0 Å². The first-order valence-electron chi connectivity index (χ1n) is 19.1. The summed E-state index contributed by atoms with van der Waals surface area (Å²) in [5, 5.41) is 13.0. The van der Waals surface area contributed by atoms with E-state index in [0.717, 1.165) is 50.9 Å². The van der Waals surface area contributed by atoms with E-state index in [4.69, 9.17) is 5.11 Å². The van der Waals surface area contributed by atoms with Gasteiger partial charge in [-0.3, -0.25) is 19.2 Å². The molecule has 2 aliphatic rings. The summed E-state index contributed by atoms with van der Waals surface area (Å²) in [6.45, 7) is 11.3. The number of halogens is 1. The molecule has 4 N–H and O–H groups in total.